The van der Waals surface area contributed by atoms with Crippen molar-refractivity contribution in [3.05, 3.63) is 122 Å². The molecule has 0 spiro atoms. The number of ether oxygens (including phenoxy) is 3. The van der Waals surface area contributed by atoms with Crippen molar-refractivity contribution in [1.29, 1.82) is 0 Å². The van der Waals surface area contributed by atoms with Crippen LogP contribution in [0.5, 0.6) is 0 Å². The van der Waals surface area contributed by atoms with Crippen LogP contribution in [-0.4, -0.2) is 37.2 Å². The van der Waals surface area contributed by atoms with Gasteiger partial charge in [-0.3, -0.25) is 14.4 Å². The fraction of sp³-hybridized carbons (Fsp3) is 0.685. The van der Waals surface area contributed by atoms with Gasteiger partial charge in [0.25, 0.3) is 0 Å². The fourth-order valence-electron chi connectivity index (χ4n) is 9.02. The first kappa shape index (κ1) is 74.8. The molecule has 0 aromatic carbocycles. The first-order chi connectivity index (χ1) is 39.0. The van der Waals surface area contributed by atoms with E-state index in [1.54, 1.807) is 0 Å². The largest absolute Gasteiger partial charge is 0.462 e. The number of hydrogen-bond donors (Lipinski definition) is 0. The van der Waals surface area contributed by atoms with Crippen LogP contribution in [0.3, 0.4) is 0 Å². The molecule has 6 nitrogen and oxygen atoms in total. The van der Waals surface area contributed by atoms with Gasteiger partial charge in [0.2, 0.25) is 0 Å². The van der Waals surface area contributed by atoms with Gasteiger partial charge in [-0.25, -0.2) is 0 Å². The molecule has 0 fully saturated rings. The van der Waals surface area contributed by atoms with Gasteiger partial charge in [-0.05, 0) is 116 Å². The molecule has 0 rings (SSSR count). The second kappa shape index (κ2) is 66.3. The number of allylic oxidation sites excluding steroid dienone is 20. The Hall–Kier alpha value is -4.19. The van der Waals surface area contributed by atoms with Crippen molar-refractivity contribution in [3.63, 3.8) is 0 Å². The van der Waals surface area contributed by atoms with E-state index in [4.69, 9.17) is 14.2 Å². The lowest BCUT2D eigenvalue weighted by molar-refractivity contribution is -0.167. The Balaban J connectivity index is 4.35. The molecule has 0 aliphatic heterocycles. The van der Waals surface area contributed by atoms with Crippen LogP contribution < -0.4 is 0 Å². The van der Waals surface area contributed by atoms with Crippen LogP contribution in [0.2, 0.25) is 0 Å². The summed E-state index contributed by atoms with van der Waals surface area (Å²) in [4.78, 5) is 38.3. The number of unbranched alkanes of at least 4 members (excludes halogenated alkanes) is 28. The molecule has 0 aromatic rings. The quantitative estimate of drug-likeness (QED) is 0.0261. The van der Waals surface area contributed by atoms with Gasteiger partial charge in [0, 0.05) is 19.3 Å². The SMILES string of the molecule is CC/C=C\C/C=C\C/C=C\C/C=C\C/C=C\C/C=C\C/C=C\C/C=C\CCCCCCC(=O)OCC(COC(=O)CCCCCCCCCCCCC)OC(=O)CCCCCCCCCCC/C=C\C/C=C\CCCCCCC. The highest BCUT2D eigenvalue weighted by atomic mass is 16.6. The van der Waals surface area contributed by atoms with Crippen LogP contribution in [0.1, 0.15) is 303 Å². The van der Waals surface area contributed by atoms with E-state index in [9.17, 15) is 14.4 Å². The minimum Gasteiger partial charge on any atom is -0.462 e. The van der Waals surface area contributed by atoms with E-state index in [1.165, 1.54) is 135 Å². The number of carbonyl (C=O) groups is 3. The number of rotatable bonds is 59. The molecule has 79 heavy (non-hydrogen) atoms. The topological polar surface area (TPSA) is 78.9 Å². The third-order valence-electron chi connectivity index (χ3n) is 14.0. The Bertz CT molecular complexity index is 1640. The Labute approximate surface area is 488 Å². The minimum absolute atomic E-state index is 0.0877. The zero-order valence-corrected chi connectivity index (χ0v) is 51.6. The molecule has 0 aromatic heterocycles. The van der Waals surface area contributed by atoms with Crippen molar-refractivity contribution in [3.8, 4) is 0 Å². The summed E-state index contributed by atoms with van der Waals surface area (Å²) in [7, 11) is 0. The summed E-state index contributed by atoms with van der Waals surface area (Å²) in [5, 5.41) is 0. The summed E-state index contributed by atoms with van der Waals surface area (Å²) in [6.45, 7) is 6.50. The number of esters is 3. The van der Waals surface area contributed by atoms with Crippen LogP contribution in [0.4, 0.5) is 0 Å². The smallest absolute Gasteiger partial charge is 0.306 e. The van der Waals surface area contributed by atoms with Gasteiger partial charge in [-0.1, -0.05) is 290 Å². The second-order valence-electron chi connectivity index (χ2n) is 21.6. The average molecular weight is 1100 g/mol. The molecular weight excluding hydrogens is 973 g/mol. The highest BCUT2D eigenvalue weighted by molar-refractivity contribution is 5.71. The Morgan fingerprint density at radius 1 is 0.266 bits per heavy atom. The summed E-state index contributed by atoms with van der Waals surface area (Å²) < 4.78 is 16.9. The monoisotopic (exact) mass is 1090 g/mol. The van der Waals surface area contributed by atoms with Crippen LogP contribution >= 0.6 is 0 Å². The number of carbonyl (C=O) groups excluding carboxylic acids is 3. The normalized spacial score (nSPS) is 12.9. The Kier molecular flexibility index (Phi) is 62.8. The summed E-state index contributed by atoms with van der Waals surface area (Å²) in [5.41, 5.74) is 0. The number of hydrogen-bond acceptors (Lipinski definition) is 6. The van der Waals surface area contributed by atoms with Gasteiger partial charge < -0.3 is 14.2 Å². The molecule has 0 heterocycles. The van der Waals surface area contributed by atoms with Crippen LogP contribution in [0.15, 0.2) is 122 Å². The molecule has 0 bridgehead atoms. The van der Waals surface area contributed by atoms with E-state index in [1.807, 2.05) is 0 Å². The Morgan fingerprint density at radius 3 is 0.772 bits per heavy atom. The summed E-state index contributed by atoms with van der Waals surface area (Å²) >= 11 is 0. The molecule has 0 radical (unpaired) electrons. The van der Waals surface area contributed by atoms with Gasteiger partial charge in [-0.15, -0.1) is 0 Å². The molecule has 0 saturated carbocycles. The van der Waals surface area contributed by atoms with Crippen molar-refractivity contribution in [2.75, 3.05) is 13.2 Å². The van der Waals surface area contributed by atoms with Crippen LogP contribution in [-0.2, 0) is 28.6 Å². The maximum Gasteiger partial charge on any atom is 0.306 e. The molecular formula is C73H122O6. The molecule has 0 N–H and O–H groups in total. The standard InChI is InChI=1S/C73H122O6/c1-4-7-10-13-16-19-22-24-26-28-30-32-33-34-35-36-37-38-39-41-42-44-46-48-51-54-57-60-63-66-72(75)78-69-70(68-77-71(74)65-62-59-56-53-50-21-18-15-12-9-6-3)79-73(76)67-64-61-58-55-52-49-47-45-43-40-31-29-27-25-23-20-17-14-11-8-5-2/h7,10,16,19,23-26,29-32,34-35,37-38,41-42,46,48,70H,4-6,8-9,11-15,17-18,20-22,27-28,33,36,39-40,43-45,47,49-69H2,1-3H3/b10-7-,19-16-,25-23-,26-24-,31-29-,32-30-,35-34-,38-37-,42-41-,48-46-. The molecule has 450 valence electrons. The molecule has 0 saturated heterocycles. The van der Waals surface area contributed by atoms with Crippen molar-refractivity contribution < 1.29 is 28.6 Å². The van der Waals surface area contributed by atoms with Crippen molar-refractivity contribution in [1.82, 2.24) is 0 Å². The van der Waals surface area contributed by atoms with E-state index < -0.39 is 6.10 Å². The molecule has 1 unspecified atom stereocenters. The van der Waals surface area contributed by atoms with E-state index in [2.05, 4.69) is 142 Å². The first-order valence-electron chi connectivity index (χ1n) is 33.0. The maximum absolute atomic E-state index is 12.9. The third kappa shape index (κ3) is 64.5. The molecule has 6 heteroatoms. The third-order valence-corrected chi connectivity index (χ3v) is 14.0. The van der Waals surface area contributed by atoms with Gasteiger partial charge in [0.05, 0.1) is 0 Å². The lowest BCUT2D eigenvalue weighted by atomic mass is 10.1. The van der Waals surface area contributed by atoms with E-state index in [0.29, 0.717) is 19.3 Å². The van der Waals surface area contributed by atoms with Gasteiger partial charge in [-0.2, -0.15) is 0 Å². The van der Waals surface area contributed by atoms with Crippen molar-refractivity contribution >= 4 is 17.9 Å². The van der Waals surface area contributed by atoms with Crippen LogP contribution in [0, 0.1) is 0 Å². The zero-order valence-electron chi connectivity index (χ0n) is 51.6. The van der Waals surface area contributed by atoms with E-state index in [-0.39, 0.29) is 31.1 Å². The highest BCUT2D eigenvalue weighted by Crippen LogP contribution is 2.16. The van der Waals surface area contributed by atoms with Crippen molar-refractivity contribution in [2.45, 2.75) is 309 Å². The highest BCUT2D eigenvalue weighted by Gasteiger charge is 2.19. The molecule has 0 aliphatic rings. The van der Waals surface area contributed by atoms with E-state index in [0.717, 1.165) is 128 Å². The predicted octanol–water partition coefficient (Wildman–Crippen LogP) is 22.8. The summed E-state index contributed by atoms with van der Waals surface area (Å²) in [6.07, 6.45) is 92.1. The van der Waals surface area contributed by atoms with Gasteiger partial charge in [0.15, 0.2) is 6.10 Å². The lowest BCUT2D eigenvalue weighted by Gasteiger charge is -2.18. The van der Waals surface area contributed by atoms with E-state index >= 15 is 0 Å². The van der Waals surface area contributed by atoms with Crippen LogP contribution in [0.25, 0.3) is 0 Å². The zero-order chi connectivity index (χ0) is 57.1. The lowest BCUT2D eigenvalue weighted by Crippen LogP contribution is -2.30. The van der Waals surface area contributed by atoms with Gasteiger partial charge in [0.1, 0.15) is 13.2 Å². The summed E-state index contributed by atoms with van der Waals surface area (Å²) in [6, 6.07) is 0. The predicted molar refractivity (Wildman–Crippen MR) is 343 cm³/mol. The average Bonchev–Trinajstić information content (AvgIpc) is 3.45. The second-order valence-corrected chi connectivity index (χ2v) is 21.6. The molecule has 1 atom stereocenters. The minimum atomic E-state index is -0.793. The van der Waals surface area contributed by atoms with Crippen molar-refractivity contribution in [2.24, 2.45) is 0 Å². The first-order valence-corrected chi connectivity index (χ1v) is 33.0. The maximum atomic E-state index is 12.9. The fourth-order valence-corrected chi connectivity index (χ4v) is 9.02. The molecule has 0 aliphatic carbocycles. The summed E-state index contributed by atoms with van der Waals surface area (Å²) in [5.74, 6) is -0.912. The molecule has 0 amide bonds. The Morgan fingerprint density at radius 2 is 0.494 bits per heavy atom. The van der Waals surface area contributed by atoms with Gasteiger partial charge >= 0.3 is 17.9 Å².